The molecule has 1 aromatic rings. The van der Waals surface area contributed by atoms with Gasteiger partial charge in [0.25, 0.3) is 0 Å². The number of hydrogen-bond acceptors (Lipinski definition) is 4. The highest BCUT2D eigenvalue weighted by Crippen LogP contribution is 2.30. The number of thiophene rings is 1. The molecule has 0 radical (unpaired) electrons. The molecule has 1 aromatic heterocycles. The quantitative estimate of drug-likeness (QED) is 0.887. The van der Waals surface area contributed by atoms with E-state index in [1.54, 1.807) is 11.3 Å². The summed E-state index contributed by atoms with van der Waals surface area (Å²) in [5.41, 5.74) is 0. The van der Waals surface area contributed by atoms with Crippen molar-refractivity contribution in [1.29, 1.82) is 0 Å². The Morgan fingerprint density at radius 1 is 1.53 bits per heavy atom. The fourth-order valence-electron chi connectivity index (χ4n) is 2.75. The molecule has 0 saturated carbocycles. The lowest BCUT2D eigenvalue weighted by atomic mass is 10.0. The maximum atomic E-state index is 11.8. The lowest BCUT2D eigenvalue weighted by Gasteiger charge is -2.12. The maximum absolute atomic E-state index is 11.8. The van der Waals surface area contributed by atoms with Gasteiger partial charge in [-0.05, 0) is 17.9 Å². The minimum absolute atomic E-state index is 0. The van der Waals surface area contributed by atoms with E-state index in [1.165, 1.54) is 4.88 Å². The molecule has 19 heavy (non-hydrogen) atoms. The van der Waals surface area contributed by atoms with Gasteiger partial charge >= 0.3 is 0 Å². The van der Waals surface area contributed by atoms with E-state index in [0.29, 0.717) is 25.0 Å². The average molecular weight is 303 g/mol. The van der Waals surface area contributed by atoms with Crippen molar-refractivity contribution in [2.24, 2.45) is 5.92 Å². The van der Waals surface area contributed by atoms with E-state index in [2.05, 4.69) is 10.6 Å². The van der Waals surface area contributed by atoms with Gasteiger partial charge in [0.15, 0.2) is 0 Å². The Morgan fingerprint density at radius 3 is 3.16 bits per heavy atom. The van der Waals surface area contributed by atoms with Crippen molar-refractivity contribution in [2.75, 3.05) is 13.1 Å². The molecule has 0 unspecified atom stereocenters. The van der Waals surface area contributed by atoms with E-state index >= 15 is 0 Å². The van der Waals surface area contributed by atoms with Crippen LogP contribution in [-0.2, 0) is 16.1 Å². The summed E-state index contributed by atoms with van der Waals surface area (Å²) in [6.45, 7) is 2.62. The van der Waals surface area contributed by atoms with Gasteiger partial charge in [0, 0.05) is 23.9 Å². The molecule has 3 atom stereocenters. The number of halogens is 1. The summed E-state index contributed by atoms with van der Waals surface area (Å²) < 4.78 is 5.87. The van der Waals surface area contributed by atoms with Crippen LogP contribution in [-0.4, -0.2) is 31.2 Å². The summed E-state index contributed by atoms with van der Waals surface area (Å²) in [5.74, 6) is 0.710. The molecule has 0 spiro atoms. The van der Waals surface area contributed by atoms with Crippen molar-refractivity contribution < 1.29 is 9.53 Å². The maximum Gasteiger partial charge on any atom is 0.222 e. The highest BCUT2D eigenvalue weighted by molar-refractivity contribution is 7.09. The van der Waals surface area contributed by atoms with Gasteiger partial charge in [-0.2, -0.15) is 0 Å². The monoisotopic (exact) mass is 302 g/mol. The van der Waals surface area contributed by atoms with Gasteiger partial charge in [0.2, 0.25) is 5.91 Å². The Hall–Kier alpha value is -0.620. The zero-order valence-corrected chi connectivity index (χ0v) is 12.3. The molecular formula is C13H19ClN2O2S. The van der Waals surface area contributed by atoms with Crippen molar-refractivity contribution in [3.8, 4) is 0 Å². The second kappa shape index (κ2) is 6.70. The smallest absolute Gasteiger partial charge is 0.222 e. The molecular weight excluding hydrogens is 284 g/mol. The predicted octanol–water partition coefficient (Wildman–Crippen LogP) is 1.55. The van der Waals surface area contributed by atoms with Crippen molar-refractivity contribution in [3.05, 3.63) is 22.4 Å². The third-order valence-electron chi connectivity index (χ3n) is 3.66. The van der Waals surface area contributed by atoms with Crippen molar-refractivity contribution in [1.82, 2.24) is 10.6 Å². The predicted molar refractivity (Wildman–Crippen MR) is 77.7 cm³/mol. The molecule has 2 aliphatic rings. The van der Waals surface area contributed by atoms with Gasteiger partial charge in [0.05, 0.1) is 25.2 Å². The van der Waals surface area contributed by atoms with Crippen molar-refractivity contribution in [3.63, 3.8) is 0 Å². The summed E-state index contributed by atoms with van der Waals surface area (Å²) >= 11 is 1.67. The molecule has 6 heteroatoms. The summed E-state index contributed by atoms with van der Waals surface area (Å²) in [5, 5.41) is 8.29. The highest BCUT2D eigenvalue weighted by atomic mass is 35.5. The topological polar surface area (TPSA) is 50.4 Å². The molecule has 4 nitrogen and oxygen atoms in total. The van der Waals surface area contributed by atoms with E-state index < -0.39 is 0 Å². The third kappa shape index (κ3) is 3.69. The van der Waals surface area contributed by atoms with Crippen LogP contribution in [0.25, 0.3) is 0 Å². The van der Waals surface area contributed by atoms with Crippen LogP contribution in [0.4, 0.5) is 0 Å². The zero-order valence-electron chi connectivity index (χ0n) is 10.6. The number of carbonyl (C=O) groups excluding carboxylic acids is 1. The normalized spacial score (nSPS) is 28.7. The van der Waals surface area contributed by atoms with Crippen molar-refractivity contribution in [2.45, 2.75) is 31.6 Å². The number of rotatable bonds is 4. The SMILES string of the molecule is Cl.O=C(C[C@H]1C[C@H]2CNC[C@H]2O1)NCc1cccs1. The van der Waals surface area contributed by atoms with Gasteiger partial charge in [-0.15, -0.1) is 23.7 Å². The number of fused-ring (bicyclic) bond motifs is 1. The van der Waals surface area contributed by atoms with Crippen molar-refractivity contribution >= 4 is 29.7 Å². The Bertz CT molecular complexity index is 401. The molecule has 1 amide bonds. The van der Waals surface area contributed by atoms with Gasteiger partial charge in [0.1, 0.15) is 0 Å². The first kappa shape index (κ1) is 14.8. The van der Waals surface area contributed by atoms with Crippen LogP contribution < -0.4 is 10.6 Å². The number of amides is 1. The minimum atomic E-state index is 0. The van der Waals surface area contributed by atoms with Crippen LogP contribution in [0.3, 0.4) is 0 Å². The zero-order chi connectivity index (χ0) is 12.4. The molecule has 2 fully saturated rings. The van der Waals surface area contributed by atoms with Gasteiger partial charge in [-0.25, -0.2) is 0 Å². The van der Waals surface area contributed by atoms with Crippen LogP contribution in [0.15, 0.2) is 17.5 Å². The molecule has 2 N–H and O–H groups in total. The molecule has 3 heterocycles. The molecule has 0 bridgehead atoms. The van der Waals surface area contributed by atoms with Crippen LogP contribution >= 0.6 is 23.7 Å². The Balaban J connectivity index is 0.00000133. The lowest BCUT2D eigenvalue weighted by molar-refractivity contribution is -0.123. The van der Waals surface area contributed by atoms with E-state index in [-0.39, 0.29) is 24.4 Å². The summed E-state index contributed by atoms with van der Waals surface area (Å²) in [7, 11) is 0. The van der Waals surface area contributed by atoms with Gasteiger partial charge in [-0.1, -0.05) is 6.07 Å². The minimum Gasteiger partial charge on any atom is -0.373 e. The largest absolute Gasteiger partial charge is 0.373 e. The molecule has 3 rings (SSSR count). The van der Waals surface area contributed by atoms with Gasteiger partial charge < -0.3 is 15.4 Å². The van der Waals surface area contributed by atoms with Crippen LogP contribution in [0, 0.1) is 5.92 Å². The molecule has 0 aromatic carbocycles. The second-order valence-corrected chi connectivity index (χ2v) is 6.04. The number of ether oxygens (including phenoxy) is 1. The number of nitrogens with one attached hydrogen (secondary N) is 2. The summed E-state index contributed by atoms with van der Waals surface area (Å²) in [4.78, 5) is 13.0. The van der Waals surface area contributed by atoms with E-state index in [1.807, 2.05) is 17.5 Å². The fourth-order valence-corrected chi connectivity index (χ4v) is 3.40. The van der Waals surface area contributed by atoms with Crippen LogP contribution in [0.5, 0.6) is 0 Å². The Kier molecular flexibility index (Phi) is 5.21. The van der Waals surface area contributed by atoms with E-state index in [0.717, 1.165) is 19.5 Å². The Morgan fingerprint density at radius 2 is 2.42 bits per heavy atom. The van der Waals surface area contributed by atoms with Gasteiger partial charge in [-0.3, -0.25) is 4.79 Å². The second-order valence-electron chi connectivity index (χ2n) is 5.01. The fraction of sp³-hybridized carbons (Fsp3) is 0.615. The Labute approximate surface area is 123 Å². The molecule has 0 aliphatic carbocycles. The number of hydrogen-bond donors (Lipinski definition) is 2. The summed E-state index contributed by atoms with van der Waals surface area (Å²) in [6.07, 6.45) is 1.97. The molecule has 2 aliphatic heterocycles. The molecule has 106 valence electrons. The van der Waals surface area contributed by atoms with Crippen LogP contribution in [0.2, 0.25) is 0 Å². The third-order valence-corrected chi connectivity index (χ3v) is 4.54. The first-order valence-electron chi connectivity index (χ1n) is 6.46. The highest BCUT2D eigenvalue weighted by Gasteiger charge is 2.38. The summed E-state index contributed by atoms with van der Waals surface area (Å²) in [6, 6.07) is 4.04. The van der Waals surface area contributed by atoms with Crippen LogP contribution in [0.1, 0.15) is 17.7 Å². The lowest BCUT2D eigenvalue weighted by Crippen LogP contribution is -2.28. The first-order valence-corrected chi connectivity index (χ1v) is 7.34. The standard InChI is InChI=1S/C13H18N2O2S.ClH/c16-13(15-7-11-2-1-3-18-11)5-10-4-9-6-14-8-12(9)17-10;/h1-3,9-10,12,14H,4-8H2,(H,15,16);1H/t9-,10+,12+;/m0./s1. The number of carbonyl (C=O) groups is 1. The average Bonchev–Trinajstić information content (AvgIpc) is 3.01. The first-order chi connectivity index (χ1) is 8.81. The van der Waals surface area contributed by atoms with E-state index in [9.17, 15) is 4.79 Å². The molecule has 2 saturated heterocycles. The van der Waals surface area contributed by atoms with E-state index in [4.69, 9.17) is 4.74 Å².